The van der Waals surface area contributed by atoms with Crippen molar-refractivity contribution in [3.8, 4) is 11.5 Å². The van der Waals surface area contributed by atoms with Crippen LogP contribution in [-0.4, -0.2) is 33.3 Å². The van der Waals surface area contributed by atoms with E-state index in [1.165, 1.54) is 0 Å². The predicted molar refractivity (Wildman–Crippen MR) is 102 cm³/mol. The van der Waals surface area contributed by atoms with Gasteiger partial charge < -0.3 is 19.5 Å². The van der Waals surface area contributed by atoms with Crippen molar-refractivity contribution >= 4 is 5.91 Å². The van der Waals surface area contributed by atoms with Gasteiger partial charge in [0.25, 0.3) is 5.91 Å². The van der Waals surface area contributed by atoms with Crippen LogP contribution >= 0.6 is 0 Å². The average molecular weight is 357 g/mol. The van der Waals surface area contributed by atoms with E-state index in [0.717, 1.165) is 29.9 Å². The van der Waals surface area contributed by atoms with E-state index in [2.05, 4.69) is 12.2 Å². The number of hydrogen-bond acceptors (Lipinski definition) is 4. The summed E-state index contributed by atoms with van der Waals surface area (Å²) in [5, 5.41) is 2.91. The maximum Gasteiger partial charge on any atom is 0.251 e. The summed E-state index contributed by atoms with van der Waals surface area (Å²) in [6.07, 6.45) is 1.87. The molecule has 0 spiro atoms. The maximum atomic E-state index is 12.4. The lowest BCUT2D eigenvalue weighted by atomic mass is 10.1. The summed E-state index contributed by atoms with van der Waals surface area (Å²) in [6.45, 7) is 3.19. The molecular formula is C21H27NO4. The molecule has 0 unspecified atom stereocenters. The second kappa shape index (κ2) is 10.5. The van der Waals surface area contributed by atoms with Crippen molar-refractivity contribution in [1.29, 1.82) is 0 Å². The molecule has 0 aliphatic carbocycles. The molecule has 2 rings (SSSR count). The molecule has 5 nitrogen and oxygen atoms in total. The molecule has 1 N–H and O–H groups in total. The number of hydrogen-bond donors (Lipinski definition) is 1. The molecular weight excluding hydrogens is 330 g/mol. The molecule has 0 radical (unpaired) electrons. The third-order valence-electron chi connectivity index (χ3n) is 4.08. The van der Waals surface area contributed by atoms with Gasteiger partial charge in [0.05, 0.1) is 19.8 Å². The fraction of sp³-hybridized carbons (Fsp3) is 0.381. The molecule has 140 valence electrons. The molecule has 0 heterocycles. The first kappa shape index (κ1) is 19.8. The minimum atomic E-state index is -0.245. The Morgan fingerprint density at radius 1 is 1.08 bits per heavy atom. The summed E-state index contributed by atoms with van der Waals surface area (Å²) in [5.41, 5.74) is 1.54. The summed E-state index contributed by atoms with van der Waals surface area (Å²) in [4.78, 5) is 12.4. The number of nitrogens with one attached hydrogen (secondary N) is 1. The first-order valence-corrected chi connectivity index (χ1v) is 8.85. The highest BCUT2D eigenvalue weighted by Gasteiger charge is 2.14. The van der Waals surface area contributed by atoms with Crippen molar-refractivity contribution in [3.63, 3.8) is 0 Å². The van der Waals surface area contributed by atoms with Crippen molar-refractivity contribution in [2.75, 3.05) is 27.4 Å². The molecule has 1 amide bonds. The van der Waals surface area contributed by atoms with Crippen LogP contribution in [0.5, 0.6) is 11.5 Å². The Morgan fingerprint density at radius 3 is 2.50 bits per heavy atom. The standard InChI is InChI=1S/C21H27NO4/c1-4-5-13-26-18-11-9-16(10-12-18)21(23)22-15-20(25-3)17-7-6-8-19(14-17)24-2/h6-12,14,20H,4-5,13,15H2,1-3H3,(H,22,23)/t20-/m0/s1. The minimum Gasteiger partial charge on any atom is -0.497 e. The van der Waals surface area contributed by atoms with Crippen LogP contribution in [0.2, 0.25) is 0 Å². The lowest BCUT2D eigenvalue weighted by molar-refractivity contribution is 0.0827. The average Bonchev–Trinajstić information content (AvgIpc) is 2.69. The maximum absolute atomic E-state index is 12.4. The summed E-state index contributed by atoms with van der Waals surface area (Å²) in [6, 6.07) is 14.8. The van der Waals surface area contributed by atoms with E-state index in [0.29, 0.717) is 18.7 Å². The van der Waals surface area contributed by atoms with Gasteiger partial charge in [0.1, 0.15) is 11.5 Å². The molecule has 2 aromatic rings. The first-order valence-electron chi connectivity index (χ1n) is 8.85. The van der Waals surface area contributed by atoms with Gasteiger partial charge in [-0.3, -0.25) is 4.79 Å². The third-order valence-corrected chi connectivity index (χ3v) is 4.08. The van der Waals surface area contributed by atoms with Gasteiger partial charge in [-0.1, -0.05) is 25.5 Å². The summed E-state index contributed by atoms with van der Waals surface area (Å²) in [7, 11) is 3.25. The van der Waals surface area contributed by atoms with Gasteiger partial charge in [0.15, 0.2) is 0 Å². The zero-order valence-electron chi connectivity index (χ0n) is 15.7. The highest BCUT2D eigenvalue weighted by molar-refractivity contribution is 5.94. The quantitative estimate of drug-likeness (QED) is 0.653. The number of unbranched alkanes of at least 4 members (excludes halogenated alkanes) is 1. The molecule has 26 heavy (non-hydrogen) atoms. The zero-order valence-corrected chi connectivity index (χ0v) is 15.7. The van der Waals surface area contributed by atoms with E-state index in [1.807, 2.05) is 36.4 Å². The summed E-state index contributed by atoms with van der Waals surface area (Å²) in [5.74, 6) is 1.39. The van der Waals surface area contributed by atoms with Crippen LogP contribution in [0.25, 0.3) is 0 Å². The summed E-state index contributed by atoms with van der Waals surface area (Å²) < 4.78 is 16.4. The molecule has 5 heteroatoms. The van der Waals surface area contributed by atoms with E-state index in [4.69, 9.17) is 14.2 Å². The number of benzene rings is 2. The van der Waals surface area contributed by atoms with E-state index in [-0.39, 0.29) is 12.0 Å². The highest BCUT2D eigenvalue weighted by atomic mass is 16.5. The lowest BCUT2D eigenvalue weighted by Crippen LogP contribution is -2.29. The number of carbonyl (C=O) groups excluding carboxylic acids is 1. The number of ether oxygens (including phenoxy) is 3. The van der Waals surface area contributed by atoms with Gasteiger partial charge in [0, 0.05) is 19.2 Å². The Labute approximate surface area is 155 Å². The Morgan fingerprint density at radius 2 is 1.85 bits per heavy atom. The molecule has 0 saturated heterocycles. The van der Waals surface area contributed by atoms with Crippen molar-refractivity contribution in [2.45, 2.75) is 25.9 Å². The van der Waals surface area contributed by atoms with Gasteiger partial charge in [-0.2, -0.15) is 0 Å². The largest absolute Gasteiger partial charge is 0.497 e. The fourth-order valence-corrected chi connectivity index (χ4v) is 2.50. The Hall–Kier alpha value is -2.53. The smallest absolute Gasteiger partial charge is 0.251 e. The van der Waals surface area contributed by atoms with E-state index >= 15 is 0 Å². The number of methoxy groups -OCH3 is 2. The highest BCUT2D eigenvalue weighted by Crippen LogP contribution is 2.21. The fourth-order valence-electron chi connectivity index (χ4n) is 2.50. The molecule has 1 atom stereocenters. The first-order chi connectivity index (χ1) is 12.7. The summed E-state index contributed by atoms with van der Waals surface area (Å²) >= 11 is 0. The molecule has 0 aliphatic rings. The van der Waals surface area contributed by atoms with Crippen LogP contribution in [0.3, 0.4) is 0 Å². The van der Waals surface area contributed by atoms with Gasteiger partial charge in [-0.25, -0.2) is 0 Å². The van der Waals surface area contributed by atoms with E-state index in [9.17, 15) is 4.79 Å². The second-order valence-electron chi connectivity index (χ2n) is 5.94. The van der Waals surface area contributed by atoms with E-state index < -0.39 is 0 Å². The zero-order chi connectivity index (χ0) is 18.8. The molecule has 0 aromatic heterocycles. The molecule has 0 bridgehead atoms. The van der Waals surface area contributed by atoms with Crippen LogP contribution in [0.4, 0.5) is 0 Å². The van der Waals surface area contributed by atoms with Crippen LogP contribution < -0.4 is 14.8 Å². The predicted octanol–water partition coefficient (Wildman–Crippen LogP) is 3.99. The SMILES string of the molecule is CCCCOc1ccc(C(=O)NC[C@H](OC)c2cccc(OC)c2)cc1. The van der Waals surface area contributed by atoms with Crippen molar-refractivity contribution in [2.24, 2.45) is 0 Å². The Bertz CT molecular complexity index is 685. The van der Waals surface area contributed by atoms with Crippen LogP contribution in [-0.2, 0) is 4.74 Å². The second-order valence-corrected chi connectivity index (χ2v) is 5.94. The third kappa shape index (κ3) is 5.77. The monoisotopic (exact) mass is 357 g/mol. The minimum absolute atomic E-state index is 0.143. The van der Waals surface area contributed by atoms with Crippen LogP contribution in [0, 0.1) is 0 Å². The van der Waals surface area contributed by atoms with Crippen LogP contribution in [0.1, 0.15) is 41.8 Å². The van der Waals surface area contributed by atoms with Crippen molar-refractivity contribution < 1.29 is 19.0 Å². The topological polar surface area (TPSA) is 56.8 Å². The van der Waals surface area contributed by atoms with Gasteiger partial charge in [0.2, 0.25) is 0 Å². The number of amides is 1. The van der Waals surface area contributed by atoms with Gasteiger partial charge >= 0.3 is 0 Å². The van der Waals surface area contributed by atoms with Gasteiger partial charge in [-0.05, 0) is 48.4 Å². The molecule has 2 aromatic carbocycles. The Balaban J connectivity index is 1.91. The molecule has 0 aliphatic heterocycles. The van der Waals surface area contributed by atoms with Crippen molar-refractivity contribution in [1.82, 2.24) is 5.32 Å². The number of rotatable bonds is 10. The molecule has 0 saturated carbocycles. The van der Waals surface area contributed by atoms with Crippen LogP contribution in [0.15, 0.2) is 48.5 Å². The Kier molecular flexibility index (Phi) is 7.96. The number of carbonyl (C=O) groups is 1. The molecule has 0 fully saturated rings. The van der Waals surface area contributed by atoms with E-state index in [1.54, 1.807) is 26.4 Å². The van der Waals surface area contributed by atoms with Crippen molar-refractivity contribution in [3.05, 3.63) is 59.7 Å². The normalized spacial score (nSPS) is 11.7. The lowest BCUT2D eigenvalue weighted by Gasteiger charge is -2.17. The van der Waals surface area contributed by atoms with Gasteiger partial charge in [-0.15, -0.1) is 0 Å².